The molecule has 2 aromatic carbocycles. The maximum atomic E-state index is 14.3. The molecule has 0 aliphatic rings. The molecule has 2 aromatic rings. The number of carbonyl (C=O) groups is 1. The monoisotopic (exact) mass is 274 g/mol. The summed E-state index contributed by atoms with van der Waals surface area (Å²) in [6.07, 6.45) is -0.997. The zero-order valence-corrected chi connectivity index (χ0v) is 11.0. The number of aliphatic carboxylic acids is 1. The van der Waals surface area contributed by atoms with Crippen LogP contribution in [0.25, 0.3) is 11.1 Å². The van der Waals surface area contributed by atoms with Gasteiger partial charge in [-0.05, 0) is 18.1 Å². The second-order valence-electron chi connectivity index (χ2n) is 4.66. The highest BCUT2D eigenvalue weighted by Gasteiger charge is 2.13. The summed E-state index contributed by atoms with van der Waals surface area (Å²) in [4.78, 5) is 10.7. The van der Waals surface area contributed by atoms with Crippen LogP contribution in [0.1, 0.15) is 24.2 Å². The molecule has 0 aromatic heterocycles. The van der Waals surface area contributed by atoms with E-state index in [9.17, 15) is 14.3 Å². The maximum Gasteiger partial charge on any atom is 0.307 e. The first-order chi connectivity index (χ1) is 9.49. The van der Waals surface area contributed by atoms with Gasteiger partial charge in [0, 0.05) is 11.1 Å². The van der Waals surface area contributed by atoms with Gasteiger partial charge in [0.25, 0.3) is 0 Å². The van der Waals surface area contributed by atoms with Gasteiger partial charge in [0.2, 0.25) is 0 Å². The van der Waals surface area contributed by atoms with Crippen molar-refractivity contribution in [3.63, 3.8) is 0 Å². The third-order valence-corrected chi connectivity index (χ3v) is 3.07. The number of carboxylic acid groups (broad SMARTS) is 1. The lowest BCUT2D eigenvalue weighted by atomic mass is 9.98. The van der Waals surface area contributed by atoms with Gasteiger partial charge in [-0.15, -0.1) is 0 Å². The summed E-state index contributed by atoms with van der Waals surface area (Å²) in [5, 5.41) is 18.3. The third-order valence-electron chi connectivity index (χ3n) is 3.07. The first-order valence-corrected chi connectivity index (χ1v) is 6.26. The molecule has 0 saturated heterocycles. The van der Waals surface area contributed by atoms with Gasteiger partial charge in [-0.3, -0.25) is 4.79 Å². The van der Waals surface area contributed by atoms with Crippen molar-refractivity contribution in [2.75, 3.05) is 0 Å². The Labute approximate surface area is 116 Å². The summed E-state index contributed by atoms with van der Waals surface area (Å²) in [5.74, 6) is -1.41. The zero-order chi connectivity index (χ0) is 14.7. The summed E-state index contributed by atoms with van der Waals surface area (Å²) in [6, 6.07) is 11.6. The van der Waals surface area contributed by atoms with Crippen molar-refractivity contribution in [1.82, 2.24) is 0 Å². The minimum atomic E-state index is -0.930. The van der Waals surface area contributed by atoms with Crippen molar-refractivity contribution >= 4 is 5.97 Å². The van der Waals surface area contributed by atoms with Gasteiger partial charge in [-0.2, -0.15) is 0 Å². The number of hydrogen-bond donors (Lipinski definition) is 2. The van der Waals surface area contributed by atoms with E-state index in [4.69, 9.17) is 5.11 Å². The largest absolute Gasteiger partial charge is 0.481 e. The van der Waals surface area contributed by atoms with Crippen LogP contribution in [0.15, 0.2) is 42.5 Å². The van der Waals surface area contributed by atoms with Crippen molar-refractivity contribution in [3.8, 4) is 11.1 Å². The van der Waals surface area contributed by atoms with E-state index in [1.165, 1.54) is 13.0 Å². The molecule has 20 heavy (non-hydrogen) atoms. The number of aliphatic hydroxyl groups excluding tert-OH is 1. The van der Waals surface area contributed by atoms with Crippen molar-refractivity contribution in [2.45, 2.75) is 19.4 Å². The third kappa shape index (κ3) is 3.03. The normalized spacial score (nSPS) is 12.2. The van der Waals surface area contributed by atoms with E-state index in [1.54, 1.807) is 36.4 Å². The van der Waals surface area contributed by atoms with Crippen LogP contribution in [-0.2, 0) is 11.2 Å². The fraction of sp³-hybridized carbons (Fsp3) is 0.188. The molecule has 0 bridgehead atoms. The van der Waals surface area contributed by atoms with E-state index in [0.29, 0.717) is 16.7 Å². The lowest BCUT2D eigenvalue weighted by molar-refractivity contribution is -0.136. The van der Waals surface area contributed by atoms with Gasteiger partial charge in [-0.25, -0.2) is 4.39 Å². The van der Waals surface area contributed by atoms with E-state index in [0.717, 1.165) is 0 Å². The first kappa shape index (κ1) is 14.2. The molecule has 0 aliphatic carbocycles. The molecule has 2 rings (SSSR count). The van der Waals surface area contributed by atoms with Crippen molar-refractivity contribution in [3.05, 3.63) is 59.4 Å². The summed E-state index contributed by atoms with van der Waals surface area (Å²) in [6.45, 7) is 1.50. The average Bonchev–Trinajstić information content (AvgIpc) is 2.38. The highest BCUT2D eigenvalue weighted by Crippen LogP contribution is 2.28. The van der Waals surface area contributed by atoms with E-state index >= 15 is 0 Å². The smallest absolute Gasteiger partial charge is 0.307 e. The predicted octanol–water partition coefficient (Wildman–Crippen LogP) is 3.17. The number of aliphatic hydroxyl groups is 1. The van der Waals surface area contributed by atoms with Gasteiger partial charge in [0.15, 0.2) is 0 Å². The Morgan fingerprint density at radius 2 is 1.95 bits per heavy atom. The SMILES string of the molecule is CC(O)c1cccc(-c2cccc(CC(=O)O)c2)c1F. The van der Waals surface area contributed by atoms with Gasteiger partial charge in [0.1, 0.15) is 5.82 Å². The molecular formula is C16H15FO3. The van der Waals surface area contributed by atoms with Crippen LogP contribution in [0.5, 0.6) is 0 Å². The molecule has 0 radical (unpaired) electrons. The minimum Gasteiger partial charge on any atom is -0.481 e. The predicted molar refractivity (Wildman–Crippen MR) is 73.8 cm³/mol. The summed E-state index contributed by atoms with van der Waals surface area (Å²) in [5.41, 5.74) is 1.79. The van der Waals surface area contributed by atoms with Crippen LogP contribution < -0.4 is 0 Å². The fourth-order valence-electron chi connectivity index (χ4n) is 2.12. The van der Waals surface area contributed by atoms with E-state index in [2.05, 4.69) is 0 Å². The molecule has 4 heteroatoms. The van der Waals surface area contributed by atoms with Crippen LogP contribution in [0, 0.1) is 5.82 Å². The Morgan fingerprint density at radius 1 is 1.25 bits per heavy atom. The highest BCUT2D eigenvalue weighted by atomic mass is 19.1. The van der Waals surface area contributed by atoms with Gasteiger partial charge < -0.3 is 10.2 Å². The quantitative estimate of drug-likeness (QED) is 0.900. The lowest BCUT2D eigenvalue weighted by Gasteiger charge is -2.11. The van der Waals surface area contributed by atoms with Gasteiger partial charge >= 0.3 is 5.97 Å². The van der Waals surface area contributed by atoms with Crippen molar-refractivity contribution < 1.29 is 19.4 Å². The summed E-state index contributed by atoms with van der Waals surface area (Å²) < 4.78 is 14.3. The molecule has 0 aliphatic heterocycles. The Balaban J connectivity index is 2.46. The van der Waals surface area contributed by atoms with Crippen LogP contribution >= 0.6 is 0 Å². The highest BCUT2D eigenvalue weighted by molar-refractivity contribution is 5.72. The average molecular weight is 274 g/mol. The topological polar surface area (TPSA) is 57.5 Å². The van der Waals surface area contributed by atoms with Crippen LogP contribution in [0.2, 0.25) is 0 Å². The number of hydrogen-bond acceptors (Lipinski definition) is 2. The van der Waals surface area contributed by atoms with Crippen LogP contribution in [-0.4, -0.2) is 16.2 Å². The van der Waals surface area contributed by atoms with Gasteiger partial charge in [-0.1, -0.05) is 42.5 Å². The molecular weight excluding hydrogens is 259 g/mol. The Kier molecular flexibility index (Phi) is 4.15. The standard InChI is InChI=1S/C16H15FO3/c1-10(18)13-6-3-7-14(16(13)17)12-5-2-4-11(8-12)9-15(19)20/h2-8,10,18H,9H2,1H3,(H,19,20). The molecule has 104 valence electrons. The number of halogens is 1. The second-order valence-corrected chi connectivity index (χ2v) is 4.66. The summed E-state index contributed by atoms with van der Waals surface area (Å²) in [7, 11) is 0. The Hall–Kier alpha value is -2.20. The molecule has 2 N–H and O–H groups in total. The van der Waals surface area contributed by atoms with Crippen LogP contribution in [0.3, 0.4) is 0 Å². The molecule has 0 saturated carbocycles. The minimum absolute atomic E-state index is 0.106. The van der Waals surface area contributed by atoms with Gasteiger partial charge in [0.05, 0.1) is 12.5 Å². The van der Waals surface area contributed by atoms with Crippen LogP contribution in [0.4, 0.5) is 4.39 Å². The maximum absolute atomic E-state index is 14.3. The molecule has 0 fully saturated rings. The molecule has 1 unspecified atom stereocenters. The lowest BCUT2D eigenvalue weighted by Crippen LogP contribution is -2.01. The second kappa shape index (κ2) is 5.84. The van der Waals surface area contributed by atoms with E-state index in [-0.39, 0.29) is 12.0 Å². The molecule has 3 nitrogen and oxygen atoms in total. The number of rotatable bonds is 4. The Morgan fingerprint density at radius 3 is 2.60 bits per heavy atom. The van der Waals surface area contributed by atoms with Crippen molar-refractivity contribution in [1.29, 1.82) is 0 Å². The van der Waals surface area contributed by atoms with Crippen molar-refractivity contribution in [2.24, 2.45) is 0 Å². The molecule has 1 atom stereocenters. The number of carboxylic acids is 1. The molecule has 0 amide bonds. The Bertz CT molecular complexity index is 635. The molecule has 0 heterocycles. The van der Waals surface area contributed by atoms with E-state index in [1.807, 2.05) is 0 Å². The zero-order valence-electron chi connectivity index (χ0n) is 11.0. The fourth-order valence-corrected chi connectivity index (χ4v) is 2.12. The van der Waals surface area contributed by atoms with E-state index < -0.39 is 17.9 Å². The molecule has 0 spiro atoms. The number of benzene rings is 2. The first-order valence-electron chi connectivity index (χ1n) is 6.26. The summed E-state index contributed by atoms with van der Waals surface area (Å²) >= 11 is 0.